The highest BCUT2D eigenvalue weighted by atomic mass is 35.7. The summed E-state index contributed by atoms with van der Waals surface area (Å²) in [7, 11) is -4.80. The number of benzene rings is 2. The molecular formula is C14H9Cl2NO4S2. The Bertz CT molecular complexity index is 774. The van der Waals surface area contributed by atoms with E-state index in [0.717, 1.165) is 16.4 Å². The second-order valence-electron chi connectivity index (χ2n) is 4.35. The van der Waals surface area contributed by atoms with Crippen LogP contribution in [0.15, 0.2) is 59.6 Å². The van der Waals surface area contributed by atoms with Crippen LogP contribution in [0.1, 0.15) is 11.1 Å². The van der Waals surface area contributed by atoms with Gasteiger partial charge in [0.25, 0.3) is 0 Å². The lowest BCUT2D eigenvalue weighted by molar-refractivity contribution is -1.91. The van der Waals surface area contributed by atoms with Gasteiger partial charge in [-0.1, -0.05) is 54.1 Å². The van der Waals surface area contributed by atoms with Gasteiger partial charge in [-0.2, -0.15) is 14.0 Å². The Balaban J connectivity index is 2.00. The molecule has 23 heavy (non-hydrogen) atoms. The molecule has 0 bridgehead atoms. The molecular weight excluding hydrogens is 381 g/mol. The molecule has 0 N–H and O–H groups in total. The molecule has 0 fully saturated rings. The molecule has 0 radical (unpaired) electrons. The summed E-state index contributed by atoms with van der Waals surface area (Å²) >= 11 is 5.86. The van der Waals surface area contributed by atoms with Gasteiger partial charge in [0, 0.05) is 26.9 Å². The summed E-state index contributed by atoms with van der Waals surface area (Å²) in [6.07, 6.45) is 0. The molecule has 120 valence electrons. The molecule has 0 saturated heterocycles. The zero-order valence-electron chi connectivity index (χ0n) is 11.3. The number of aliphatic imine (C=N–C) groups is 1. The maximum absolute atomic E-state index is 11.0. The van der Waals surface area contributed by atoms with Gasteiger partial charge in [-0.3, -0.25) is 0 Å². The van der Waals surface area contributed by atoms with Crippen LogP contribution in [0, 0.1) is 10.2 Å². The molecule has 1 heterocycles. The van der Waals surface area contributed by atoms with E-state index in [1.807, 2.05) is 30.3 Å². The fraction of sp³-hybridized carbons (Fsp3) is 0. The first-order valence-corrected chi connectivity index (χ1v) is 10.3. The second kappa shape index (κ2) is 6.92. The van der Waals surface area contributed by atoms with Crippen molar-refractivity contribution >= 4 is 42.2 Å². The number of halogens is 2. The van der Waals surface area contributed by atoms with Gasteiger partial charge in [0.05, 0.1) is 10.2 Å². The first-order valence-electron chi connectivity index (χ1n) is 6.23. The lowest BCUT2D eigenvalue weighted by atomic mass is 10.2. The predicted octanol–water partition coefficient (Wildman–Crippen LogP) is 1.02. The van der Waals surface area contributed by atoms with E-state index >= 15 is 0 Å². The van der Waals surface area contributed by atoms with Crippen LogP contribution in [0.2, 0.25) is 5.02 Å². The van der Waals surface area contributed by atoms with Crippen LogP contribution < -0.4 is 14.0 Å². The molecule has 2 aromatic rings. The van der Waals surface area contributed by atoms with E-state index in [1.165, 1.54) is 0 Å². The molecule has 1 aliphatic rings. The van der Waals surface area contributed by atoms with E-state index in [-0.39, 0.29) is 0 Å². The maximum Gasteiger partial charge on any atom is 0.200 e. The number of hydrogen-bond acceptors (Lipinski definition) is 6. The molecule has 1 aliphatic heterocycles. The molecule has 0 aliphatic carbocycles. The third kappa shape index (κ3) is 4.34. The molecule has 0 amide bonds. The van der Waals surface area contributed by atoms with Crippen LogP contribution in [0.3, 0.4) is 0 Å². The molecule has 0 aromatic heterocycles. The predicted molar refractivity (Wildman–Crippen MR) is 84.8 cm³/mol. The van der Waals surface area contributed by atoms with Crippen LogP contribution in [0.25, 0.3) is 0 Å². The molecule has 1 unspecified atom stereocenters. The smallest absolute Gasteiger partial charge is 0.200 e. The largest absolute Gasteiger partial charge is 0.230 e. The molecule has 3 rings (SSSR count). The molecule has 1 atom stereocenters. The van der Waals surface area contributed by atoms with E-state index in [0.29, 0.717) is 20.6 Å². The van der Waals surface area contributed by atoms with Crippen molar-refractivity contribution in [2.24, 2.45) is 4.99 Å². The van der Waals surface area contributed by atoms with Crippen molar-refractivity contribution in [3.63, 3.8) is 0 Å². The van der Waals surface area contributed by atoms with Crippen molar-refractivity contribution in [1.82, 2.24) is 0 Å². The minimum atomic E-state index is -4.55. The van der Waals surface area contributed by atoms with Gasteiger partial charge in [0.15, 0.2) is 0 Å². The van der Waals surface area contributed by atoms with E-state index in [2.05, 4.69) is 8.73 Å². The Morgan fingerprint density at radius 3 is 2.22 bits per heavy atom. The second-order valence-corrected chi connectivity index (χ2v) is 8.87. The SMILES string of the molecule is [O-][Cl+3]([O-])([O-])OS1=C(c2ccc(Cl)cc2)N=C(c2ccccc2)S1. The van der Waals surface area contributed by atoms with Crippen LogP contribution in [-0.4, -0.2) is 10.0 Å². The monoisotopic (exact) mass is 389 g/mol. The van der Waals surface area contributed by atoms with Crippen molar-refractivity contribution in [2.45, 2.75) is 0 Å². The molecule has 5 nitrogen and oxygen atoms in total. The van der Waals surface area contributed by atoms with Crippen LogP contribution in [0.5, 0.6) is 0 Å². The minimum Gasteiger partial charge on any atom is -0.230 e. The van der Waals surface area contributed by atoms with Crippen LogP contribution in [0.4, 0.5) is 0 Å². The quantitative estimate of drug-likeness (QED) is 0.575. The average Bonchev–Trinajstić information content (AvgIpc) is 2.91. The molecule has 9 heteroatoms. The lowest BCUT2D eigenvalue weighted by Gasteiger charge is -2.12. The fourth-order valence-corrected chi connectivity index (χ4v) is 6.25. The first-order chi connectivity index (χ1) is 10.9. The van der Waals surface area contributed by atoms with Crippen molar-refractivity contribution in [3.05, 3.63) is 70.7 Å². The van der Waals surface area contributed by atoms with E-state index in [4.69, 9.17) is 11.6 Å². The van der Waals surface area contributed by atoms with Gasteiger partial charge in [-0.25, -0.2) is 4.99 Å². The molecule has 2 aromatic carbocycles. The van der Waals surface area contributed by atoms with Crippen LogP contribution >= 0.6 is 32.2 Å². The number of rotatable bonds is 4. The van der Waals surface area contributed by atoms with Gasteiger partial charge in [-0.15, -0.1) is 0 Å². The Morgan fingerprint density at radius 2 is 1.61 bits per heavy atom. The van der Waals surface area contributed by atoms with Crippen molar-refractivity contribution in [2.75, 3.05) is 0 Å². The van der Waals surface area contributed by atoms with E-state index in [9.17, 15) is 14.0 Å². The normalized spacial score (nSPS) is 18.2. The van der Waals surface area contributed by atoms with Crippen LogP contribution in [-0.2, 0) is 3.74 Å². The number of nitrogens with zero attached hydrogens (tertiary/aromatic N) is 1. The first kappa shape index (κ1) is 16.9. The third-order valence-electron chi connectivity index (χ3n) is 2.76. The van der Waals surface area contributed by atoms with E-state index in [1.54, 1.807) is 24.3 Å². The van der Waals surface area contributed by atoms with Gasteiger partial charge >= 0.3 is 0 Å². The summed E-state index contributed by atoms with van der Waals surface area (Å²) in [6.45, 7) is 0. The summed E-state index contributed by atoms with van der Waals surface area (Å²) < 4.78 is 37.5. The highest BCUT2D eigenvalue weighted by molar-refractivity contribution is 8.87. The zero-order chi connectivity index (χ0) is 16.4. The van der Waals surface area contributed by atoms with Gasteiger partial charge in [-0.05, 0) is 12.1 Å². The average molecular weight is 390 g/mol. The summed E-state index contributed by atoms with van der Waals surface area (Å²) in [5.41, 5.74) is 1.47. The summed E-state index contributed by atoms with van der Waals surface area (Å²) in [4.78, 5) is 4.84. The number of hydrogen-bond donors (Lipinski definition) is 0. The summed E-state index contributed by atoms with van der Waals surface area (Å²) in [5.74, 6) is 0. The molecule has 0 saturated carbocycles. The van der Waals surface area contributed by atoms with Crippen molar-refractivity contribution in [3.8, 4) is 0 Å². The van der Waals surface area contributed by atoms with Crippen molar-refractivity contribution in [1.29, 1.82) is 0 Å². The maximum atomic E-state index is 11.0. The Hall–Kier alpha value is -0.900. The van der Waals surface area contributed by atoms with Gasteiger partial charge in [0.1, 0.15) is 13.8 Å². The van der Waals surface area contributed by atoms with E-state index < -0.39 is 20.0 Å². The Kier molecular flexibility index (Phi) is 5.10. The fourth-order valence-electron chi connectivity index (χ4n) is 1.82. The van der Waals surface area contributed by atoms with Gasteiger partial charge in [0.2, 0.25) is 9.80 Å². The zero-order valence-corrected chi connectivity index (χ0v) is 14.5. The van der Waals surface area contributed by atoms with Gasteiger partial charge < -0.3 is 0 Å². The minimum absolute atomic E-state index is 0.387. The highest BCUT2D eigenvalue weighted by Crippen LogP contribution is 2.44. The summed E-state index contributed by atoms with van der Waals surface area (Å²) in [6, 6.07) is 16.0. The standard InChI is InChI=1S/C14H9Cl2NO4S2/c15-12-8-6-11(7-9-12)14-17-13(10-4-2-1-3-5-10)22-23(14)21-16(18,19)20/h1-9H. The Morgan fingerprint density at radius 1 is 0.957 bits per heavy atom. The summed E-state index contributed by atoms with van der Waals surface area (Å²) in [5, 5.41) is 1.14. The topological polar surface area (TPSA) is 90.8 Å². The third-order valence-corrected chi connectivity index (χ3v) is 7.23. The lowest BCUT2D eigenvalue weighted by Crippen LogP contribution is -2.60. The molecule has 0 spiro atoms. The van der Waals surface area contributed by atoms with Crippen molar-refractivity contribution < 1.29 is 28.0 Å². The Labute approximate surface area is 145 Å². The highest BCUT2D eigenvalue weighted by Gasteiger charge is 2.33.